The quantitative estimate of drug-likeness (QED) is 0.290. The zero-order valence-electron chi connectivity index (χ0n) is 15.6. The predicted octanol–water partition coefficient (Wildman–Crippen LogP) is 5.16. The largest absolute Gasteiger partial charge is 0.497 e. The maximum atomic E-state index is 12.7. The van der Waals surface area contributed by atoms with Crippen molar-refractivity contribution >= 4 is 29.1 Å². The van der Waals surface area contributed by atoms with E-state index in [1.165, 1.54) is 11.8 Å². The van der Waals surface area contributed by atoms with Crippen molar-refractivity contribution in [1.29, 1.82) is 0 Å². The Morgan fingerprint density at radius 1 is 1.29 bits per heavy atom. The van der Waals surface area contributed by atoms with Gasteiger partial charge in [-0.3, -0.25) is 9.36 Å². The Kier molecular flexibility index (Phi) is 6.54. The molecule has 0 fully saturated rings. The van der Waals surface area contributed by atoms with E-state index in [4.69, 9.17) is 16.3 Å². The number of rotatable bonds is 8. The molecule has 0 radical (unpaired) electrons. The van der Waals surface area contributed by atoms with Crippen LogP contribution in [0.5, 0.6) is 5.75 Å². The van der Waals surface area contributed by atoms with Gasteiger partial charge in [-0.15, -0.1) is 16.8 Å². The summed E-state index contributed by atoms with van der Waals surface area (Å²) in [4.78, 5) is 12.7. The van der Waals surface area contributed by atoms with Crippen LogP contribution in [-0.2, 0) is 6.54 Å². The standard InChI is InChI=1S/C21H20ClN3O2S/c1-4-12-25-20(15-8-10-18(27-3)11-9-15)23-24-21(25)28-14(2)19(26)16-6-5-7-17(22)13-16/h4-11,13-14H,1,12H2,2-3H3. The molecule has 2 aromatic carbocycles. The van der Waals surface area contributed by atoms with Crippen molar-refractivity contribution in [2.75, 3.05) is 7.11 Å². The van der Waals surface area contributed by atoms with E-state index in [1.807, 2.05) is 35.8 Å². The fourth-order valence-electron chi connectivity index (χ4n) is 2.71. The van der Waals surface area contributed by atoms with Crippen LogP contribution in [0.2, 0.25) is 5.02 Å². The topological polar surface area (TPSA) is 57.0 Å². The number of aromatic nitrogens is 3. The van der Waals surface area contributed by atoms with Gasteiger partial charge in [-0.05, 0) is 43.3 Å². The number of thioether (sulfide) groups is 1. The van der Waals surface area contributed by atoms with Gasteiger partial charge in [0.05, 0.1) is 12.4 Å². The Morgan fingerprint density at radius 3 is 2.68 bits per heavy atom. The molecule has 0 spiro atoms. The normalized spacial score (nSPS) is 11.8. The van der Waals surface area contributed by atoms with Crippen LogP contribution in [-0.4, -0.2) is 32.9 Å². The lowest BCUT2D eigenvalue weighted by molar-refractivity contribution is 0.0994. The molecule has 0 bridgehead atoms. The van der Waals surface area contributed by atoms with Gasteiger partial charge in [0.25, 0.3) is 0 Å². The van der Waals surface area contributed by atoms with Crippen LogP contribution in [0.25, 0.3) is 11.4 Å². The summed E-state index contributed by atoms with van der Waals surface area (Å²) in [5, 5.41) is 9.50. The van der Waals surface area contributed by atoms with Gasteiger partial charge in [0.1, 0.15) is 5.75 Å². The molecule has 0 N–H and O–H groups in total. The Hall–Kier alpha value is -2.57. The number of halogens is 1. The van der Waals surface area contributed by atoms with Crippen molar-refractivity contribution in [3.05, 3.63) is 71.8 Å². The number of carbonyl (C=O) groups is 1. The summed E-state index contributed by atoms with van der Waals surface area (Å²) in [7, 11) is 1.63. The SMILES string of the molecule is C=CCn1c(SC(C)C(=O)c2cccc(Cl)c2)nnc1-c1ccc(OC)cc1. The maximum Gasteiger partial charge on any atom is 0.192 e. The molecule has 7 heteroatoms. The van der Waals surface area contributed by atoms with E-state index < -0.39 is 0 Å². The van der Waals surface area contributed by atoms with Crippen LogP contribution < -0.4 is 4.74 Å². The fraction of sp³-hybridized carbons (Fsp3) is 0.190. The third-order valence-corrected chi connectivity index (χ3v) is 5.45. The van der Waals surface area contributed by atoms with E-state index in [0.717, 1.165) is 11.3 Å². The molecule has 28 heavy (non-hydrogen) atoms. The highest BCUT2D eigenvalue weighted by atomic mass is 35.5. The summed E-state index contributed by atoms with van der Waals surface area (Å²) in [5.74, 6) is 1.48. The third-order valence-electron chi connectivity index (χ3n) is 4.14. The van der Waals surface area contributed by atoms with Gasteiger partial charge in [0.15, 0.2) is 16.8 Å². The van der Waals surface area contributed by atoms with E-state index in [0.29, 0.717) is 28.1 Å². The number of ketones is 1. The van der Waals surface area contributed by atoms with Crippen LogP contribution in [0.1, 0.15) is 17.3 Å². The van der Waals surface area contributed by atoms with E-state index in [9.17, 15) is 4.79 Å². The first-order valence-electron chi connectivity index (χ1n) is 8.68. The second kappa shape index (κ2) is 9.08. The lowest BCUT2D eigenvalue weighted by atomic mass is 10.1. The second-order valence-electron chi connectivity index (χ2n) is 6.07. The number of hydrogen-bond donors (Lipinski definition) is 0. The molecule has 0 amide bonds. The average Bonchev–Trinajstić information content (AvgIpc) is 3.10. The van der Waals surface area contributed by atoms with Crippen LogP contribution in [0.4, 0.5) is 0 Å². The molecule has 144 valence electrons. The molecular weight excluding hydrogens is 394 g/mol. The number of allylic oxidation sites excluding steroid dienone is 1. The van der Waals surface area contributed by atoms with Crippen molar-refractivity contribution < 1.29 is 9.53 Å². The van der Waals surface area contributed by atoms with Crippen molar-refractivity contribution in [1.82, 2.24) is 14.8 Å². The molecule has 0 aliphatic carbocycles. The molecule has 5 nitrogen and oxygen atoms in total. The number of hydrogen-bond acceptors (Lipinski definition) is 5. The number of carbonyl (C=O) groups excluding carboxylic acids is 1. The zero-order valence-corrected chi connectivity index (χ0v) is 17.2. The first kappa shape index (κ1) is 20.2. The molecule has 1 unspecified atom stereocenters. The Labute approximate surface area is 173 Å². The second-order valence-corrected chi connectivity index (χ2v) is 7.81. The minimum absolute atomic E-state index is 0.00773. The van der Waals surface area contributed by atoms with E-state index >= 15 is 0 Å². The molecule has 0 saturated heterocycles. The van der Waals surface area contributed by atoms with E-state index in [-0.39, 0.29) is 11.0 Å². The smallest absolute Gasteiger partial charge is 0.192 e. The minimum atomic E-state index is -0.338. The Balaban J connectivity index is 1.86. The molecule has 3 aromatic rings. The summed E-state index contributed by atoms with van der Waals surface area (Å²) < 4.78 is 7.15. The number of nitrogens with zero attached hydrogens (tertiary/aromatic N) is 3. The van der Waals surface area contributed by atoms with Gasteiger partial charge in [0.2, 0.25) is 0 Å². The van der Waals surface area contributed by atoms with E-state index in [2.05, 4.69) is 16.8 Å². The number of methoxy groups -OCH3 is 1. The summed E-state index contributed by atoms with van der Waals surface area (Å²) in [6.45, 7) is 6.21. The molecule has 1 atom stereocenters. The van der Waals surface area contributed by atoms with Crippen molar-refractivity contribution in [2.24, 2.45) is 0 Å². The lowest BCUT2D eigenvalue weighted by Gasteiger charge is -2.12. The Morgan fingerprint density at radius 2 is 2.04 bits per heavy atom. The van der Waals surface area contributed by atoms with Gasteiger partial charge in [-0.2, -0.15) is 0 Å². The summed E-state index contributed by atoms with van der Waals surface area (Å²) >= 11 is 7.37. The molecule has 0 aliphatic rings. The maximum absolute atomic E-state index is 12.7. The van der Waals surface area contributed by atoms with Gasteiger partial charge < -0.3 is 4.74 Å². The molecular formula is C21H20ClN3O2S. The predicted molar refractivity (Wildman–Crippen MR) is 113 cm³/mol. The lowest BCUT2D eigenvalue weighted by Crippen LogP contribution is -2.14. The summed E-state index contributed by atoms with van der Waals surface area (Å²) in [6.07, 6.45) is 1.78. The van der Waals surface area contributed by atoms with Gasteiger partial charge in [-0.25, -0.2) is 0 Å². The summed E-state index contributed by atoms with van der Waals surface area (Å²) in [6, 6.07) is 14.6. The minimum Gasteiger partial charge on any atom is -0.497 e. The average molecular weight is 414 g/mol. The molecule has 0 aliphatic heterocycles. The van der Waals surface area contributed by atoms with Crippen LogP contribution in [0, 0.1) is 0 Å². The monoisotopic (exact) mass is 413 g/mol. The van der Waals surface area contributed by atoms with Gasteiger partial charge in [-0.1, -0.05) is 41.6 Å². The summed E-state index contributed by atoms with van der Waals surface area (Å²) in [5.41, 5.74) is 1.49. The number of benzene rings is 2. The van der Waals surface area contributed by atoms with Crippen LogP contribution >= 0.6 is 23.4 Å². The van der Waals surface area contributed by atoms with Crippen LogP contribution in [0.15, 0.2) is 66.3 Å². The molecule has 1 heterocycles. The molecule has 1 aromatic heterocycles. The fourth-order valence-corrected chi connectivity index (χ4v) is 3.84. The van der Waals surface area contributed by atoms with Crippen molar-refractivity contribution in [3.8, 4) is 17.1 Å². The highest BCUT2D eigenvalue weighted by molar-refractivity contribution is 8.00. The van der Waals surface area contributed by atoms with Gasteiger partial charge >= 0.3 is 0 Å². The third kappa shape index (κ3) is 4.46. The Bertz CT molecular complexity index is 986. The van der Waals surface area contributed by atoms with Crippen molar-refractivity contribution in [3.63, 3.8) is 0 Å². The molecule has 0 saturated carbocycles. The number of ether oxygens (including phenoxy) is 1. The first-order valence-corrected chi connectivity index (χ1v) is 9.94. The van der Waals surface area contributed by atoms with Crippen LogP contribution in [0.3, 0.4) is 0 Å². The zero-order chi connectivity index (χ0) is 20.1. The van der Waals surface area contributed by atoms with Crippen molar-refractivity contribution in [2.45, 2.75) is 23.9 Å². The first-order chi connectivity index (χ1) is 13.5. The van der Waals surface area contributed by atoms with Gasteiger partial charge in [0, 0.05) is 22.7 Å². The van der Waals surface area contributed by atoms with E-state index in [1.54, 1.807) is 37.5 Å². The molecule has 3 rings (SSSR count). The highest BCUT2D eigenvalue weighted by Crippen LogP contribution is 2.29. The highest BCUT2D eigenvalue weighted by Gasteiger charge is 2.21. The number of Topliss-reactive ketones (excluding diaryl/α,β-unsaturated/α-hetero) is 1.